The van der Waals surface area contributed by atoms with Crippen molar-refractivity contribution in [1.82, 2.24) is 9.55 Å². The average Bonchev–Trinajstić information content (AvgIpc) is 2.63. The van der Waals surface area contributed by atoms with Gasteiger partial charge in [0.1, 0.15) is 11.1 Å². The van der Waals surface area contributed by atoms with E-state index in [-0.39, 0.29) is 5.97 Å². The molecule has 1 aliphatic rings. The van der Waals surface area contributed by atoms with E-state index < -0.39 is 5.92 Å². The molecule has 0 saturated carbocycles. The molecule has 96 valence electrons. The highest BCUT2D eigenvalue weighted by atomic mass is 35.5. The largest absolute Gasteiger partial charge is 0.465 e. The van der Waals surface area contributed by atoms with Gasteiger partial charge in [-0.05, 0) is 13.0 Å². The molecule has 1 atom stereocenters. The molecule has 0 aromatic carbocycles. The lowest BCUT2D eigenvalue weighted by molar-refractivity contribution is -0.143. The molecular formula is C12H14ClN3O2. The molecule has 1 unspecified atom stereocenters. The van der Waals surface area contributed by atoms with Crippen molar-refractivity contribution in [2.24, 2.45) is 12.0 Å². The summed E-state index contributed by atoms with van der Waals surface area (Å²) in [5.74, 6) is -0.784. The molecule has 0 saturated heterocycles. The first-order valence-electron chi connectivity index (χ1n) is 5.69. The zero-order valence-corrected chi connectivity index (χ0v) is 11.0. The number of halogens is 1. The molecule has 1 aliphatic heterocycles. The van der Waals surface area contributed by atoms with Crippen LogP contribution in [0.5, 0.6) is 0 Å². The predicted molar refractivity (Wildman–Crippen MR) is 68.7 cm³/mol. The molecule has 0 bridgehead atoms. The Kier molecular flexibility index (Phi) is 3.81. The molecule has 2 rings (SSSR count). The third-order valence-corrected chi connectivity index (χ3v) is 2.94. The fourth-order valence-corrected chi connectivity index (χ4v) is 2.11. The molecule has 18 heavy (non-hydrogen) atoms. The van der Waals surface area contributed by atoms with Crippen LogP contribution in [0.3, 0.4) is 0 Å². The van der Waals surface area contributed by atoms with Gasteiger partial charge in [-0.15, -0.1) is 0 Å². The summed E-state index contributed by atoms with van der Waals surface area (Å²) < 4.78 is 6.89. The second-order valence-electron chi connectivity index (χ2n) is 3.94. The normalized spacial score (nSPS) is 18.6. The van der Waals surface area contributed by atoms with Gasteiger partial charge in [-0.2, -0.15) is 0 Å². The number of hydrogen-bond donors (Lipinski definition) is 0. The quantitative estimate of drug-likeness (QED) is 0.768. The Morgan fingerprint density at radius 2 is 2.44 bits per heavy atom. The van der Waals surface area contributed by atoms with E-state index in [1.54, 1.807) is 25.5 Å². The zero-order chi connectivity index (χ0) is 13.1. The van der Waals surface area contributed by atoms with E-state index in [9.17, 15) is 4.79 Å². The Balaban J connectivity index is 2.45. The summed E-state index contributed by atoms with van der Waals surface area (Å²) in [5, 5.41) is 0.452. The lowest BCUT2D eigenvalue weighted by Gasteiger charge is -2.15. The molecular weight excluding hydrogens is 254 g/mol. The number of fused-ring (bicyclic) bond motifs is 1. The molecule has 0 spiro atoms. The number of esters is 1. The van der Waals surface area contributed by atoms with E-state index in [1.807, 2.05) is 11.6 Å². The van der Waals surface area contributed by atoms with Crippen LogP contribution in [0.25, 0.3) is 0 Å². The number of aryl methyl sites for hydroxylation is 1. The summed E-state index contributed by atoms with van der Waals surface area (Å²) in [4.78, 5) is 20.2. The fraction of sp³-hybridized carbons (Fsp3) is 0.417. The minimum Gasteiger partial charge on any atom is -0.465 e. The van der Waals surface area contributed by atoms with Crippen molar-refractivity contribution in [2.45, 2.75) is 19.3 Å². The van der Waals surface area contributed by atoms with Gasteiger partial charge in [0.25, 0.3) is 0 Å². The van der Waals surface area contributed by atoms with E-state index in [0.29, 0.717) is 18.2 Å². The Labute approximate surface area is 110 Å². The average molecular weight is 268 g/mol. The molecule has 5 nitrogen and oxygen atoms in total. The van der Waals surface area contributed by atoms with Crippen LogP contribution >= 0.6 is 11.6 Å². The molecule has 0 amide bonds. The van der Waals surface area contributed by atoms with Gasteiger partial charge < -0.3 is 9.30 Å². The summed E-state index contributed by atoms with van der Waals surface area (Å²) >= 11 is 5.95. The fourth-order valence-electron chi connectivity index (χ4n) is 1.93. The van der Waals surface area contributed by atoms with Gasteiger partial charge >= 0.3 is 5.97 Å². The SMILES string of the molecule is CCOC(=O)C1C=CN=C(Cl)Cc2ncn(C)c21. The monoisotopic (exact) mass is 267 g/mol. The number of aromatic nitrogens is 2. The number of imidazole rings is 1. The van der Waals surface area contributed by atoms with Crippen LogP contribution in [0.1, 0.15) is 24.2 Å². The van der Waals surface area contributed by atoms with Gasteiger partial charge in [0.2, 0.25) is 0 Å². The van der Waals surface area contributed by atoms with Crippen LogP contribution in [0.2, 0.25) is 0 Å². The van der Waals surface area contributed by atoms with E-state index in [4.69, 9.17) is 16.3 Å². The summed E-state index contributed by atoms with van der Waals surface area (Å²) in [6.45, 7) is 2.13. The van der Waals surface area contributed by atoms with Gasteiger partial charge in [-0.1, -0.05) is 11.6 Å². The number of ether oxygens (including phenoxy) is 1. The van der Waals surface area contributed by atoms with Gasteiger partial charge in [-0.25, -0.2) is 9.98 Å². The topological polar surface area (TPSA) is 56.5 Å². The molecule has 0 radical (unpaired) electrons. The number of carbonyl (C=O) groups is 1. The number of nitrogens with zero attached hydrogens (tertiary/aromatic N) is 3. The van der Waals surface area contributed by atoms with Crippen molar-refractivity contribution in [3.05, 3.63) is 30.0 Å². The third kappa shape index (κ3) is 2.46. The maximum atomic E-state index is 12.0. The van der Waals surface area contributed by atoms with Crippen LogP contribution < -0.4 is 0 Å². The maximum Gasteiger partial charge on any atom is 0.318 e. The Morgan fingerprint density at radius 1 is 1.67 bits per heavy atom. The van der Waals surface area contributed by atoms with Crippen LogP contribution in [0, 0.1) is 0 Å². The number of hydrogen-bond acceptors (Lipinski definition) is 4. The van der Waals surface area contributed by atoms with Gasteiger partial charge in [0, 0.05) is 19.7 Å². The standard InChI is InChI=1S/C12H14ClN3O2/c1-3-18-12(17)8-4-5-14-10(13)6-9-11(8)16(2)7-15-9/h4-5,7-8H,3,6H2,1-2H3. The van der Waals surface area contributed by atoms with Crippen molar-refractivity contribution in [3.8, 4) is 0 Å². The molecule has 0 fully saturated rings. The third-order valence-electron chi connectivity index (χ3n) is 2.70. The molecule has 1 aromatic rings. The van der Waals surface area contributed by atoms with Crippen LogP contribution in [-0.4, -0.2) is 27.3 Å². The highest BCUT2D eigenvalue weighted by Crippen LogP contribution is 2.25. The van der Waals surface area contributed by atoms with Gasteiger partial charge in [0.05, 0.1) is 24.3 Å². The number of aliphatic imine (C=N–C) groups is 1. The minimum absolute atomic E-state index is 0.299. The second-order valence-corrected chi connectivity index (χ2v) is 4.38. The van der Waals surface area contributed by atoms with E-state index >= 15 is 0 Å². The lowest BCUT2D eigenvalue weighted by atomic mass is 10.0. The smallest absolute Gasteiger partial charge is 0.318 e. The van der Waals surface area contributed by atoms with Crippen LogP contribution in [-0.2, 0) is 23.0 Å². The molecule has 0 aliphatic carbocycles. The van der Waals surface area contributed by atoms with Crippen molar-refractivity contribution < 1.29 is 9.53 Å². The first kappa shape index (κ1) is 12.8. The first-order valence-corrected chi connectivity index (χ1v) is 6.06. The van der Waals surface area contributed by atoms with Crippen LogP contribution in [0.4, 0.5) is 0 Å². The number of carbonyl (C=O) groups excluding carboxylic acids is 1. The number of rotatable bonds is 2. The minimum atomic E-state index is -0.485. The zero-order valence-electron chi connectivity index (χ0n) is 10.3. The summed E-state index contributed by atoms with van der Waals surface area (Å²) in [7, 11) is 1.85. The second kappa shape index (κ2) is 5.35. The van der Waals surface area contributed by atoms with E-state index in [1.165, 1.54) is 0 Å². The summed E-state index contributed by atoms with van der Waals surface area (Å²) in [5.41, 5.74) is 1.56. The highest BCUT2D eigenvalue weighted by molar-refractivity contribution is 6.65. The van der Waals surface area contributed by atoms with Crippen molar-refractivity contribution in [1.29, 1.82) is 0 Å². The molecule has 6 heteroatoms. The Bertz CT molecular complexity index is 519. The van der Waals surface area contributed by atoms with Crippen LogP contribution in [0.15, 0.2) is 23.6 Å². The van der Waals surface area contributed by atoms with E-state index in [0.717, 1.165) is 11.4 Å². The van der Waals surface area contributed by atoms with E-state index in [2.05, 4.69) is 9.98 Å². The lowest BCUT2D eigenvalue weighted by Crippen LogP contribution is -2.19. The highest BCUT2D eigenvalue weighted by Gasteiger charge is 2.27. The predicted octanol–water partition coefficient (Wildman–Crippen LogP) is 1.77. The van der Waals surface area contributed by atoms with Crippen molar-refractivity contribution >= 4 is 22.7 Å². The maximum absolute atomic E-state index is 12.0. The first-order chi connectivity index (χ1) is 8.63. The molecule has 1 aromatic heterocycles. The van der Waals surface area contributed by atoms with Gasteiger partial charge in [0.15, 0.2) is 0 Å². The summed E-state index contributed by atoms with van der Waals surface area (Å²) in [6, 6.07) is 0. The Morgan fingerprint density at radius 3 is 3.17 bits per heavy atom. The Hall–Kier alpha value is -1.62. The molecule has 2 heterocycles. The van der Waals surface area contributed by atoms with Crippen molar-refractivity contribution in [2.75, 3.05) is 6.61 Å². The van der Waals surface area contributed by atoms with Crippen molar-refractivity contribution in [3.63, 3.8) is 0 Å². The molecule has 0 N–H and O–H groups in total. The van der Waals surface area contributed by atoms with Gasteiger partial charge in [-0.3, -0.25) is 4.79 Å². The summed E-state index contributed by atoms with van der Waals surface area (Å²) in [6.07, 6.45) is 5.32.